The van der Waals surface area contributed by atoms with Gasteiger partial charge in [-0.05, 0) is 46.0 Å². The third-order valence-corrected chi connectivity index (χ3v) is 3.35. The molecule has 1 fully saturated rings. The molecule has 2 rings (SSSR count). The van der Waals surface area contributed by atoms with Gasteiger partial charge in [0.25, 0.3) is 0 Å². The second kappa shape index (κ2) is 6.69. The first-order chi connectivity index (χ1) is 8.75. The van der Waals surface area contributed by atoms with Crippen LogP contribution in [0.5, 0.6) is 0 Å². The van der Waals surface area contributed by atoms with Gasteiger partial charge < -0.3 is 10.1 Å². The van der Waals surface area contributed by atoms with E-state index in [1.165, 1.54) is 25.7 Å². The summed E-state index contributed by atoms with van der Waals surface area (Å²) in [6.45, 7) is 5.88. The zero-order valence-electron chi connectivity index (χ0n) is 11.4. The average Bonchev–Trinajstić information content (AvgIpc) is 2.86. The van der Waals surface area contributed by atoms with E-state index in [-0.39, 0.29) is 0 Å². The normalized spacial score (nSPS) is 19.1. The molecule has 0 bridgehead atoms. The van der Waals surface area contributed by atoms with E-state index in [2.05, 4.69) is 15.3 Å². The minimum absolute atomic E-state index is 0.519. The number of anilines is 1. The van der Waals surface area contributed by atoms with Gasteiger partial charge in [-0.15, -0.1) is 0 Å². The molecule has 2 heterocycles. The number of aromatic nitrogens is 2. The topological polar surface area (TPSA) is 47.0 Å². The van der Waals surface area contributed by atoms with E-state index in [4.69, 9.17) is 4.74 Å². The number of ether oxygens (including phenoxy) is 1. The second-order valence-electron chi connectivity index (χ2n) is 5.00. The molecule has 100 valence electrons. The van der Waals surface area contributed by atoms with Crippen molar-refractivity contribution in [1.82, 2.24) is 9.97 Å². The monoisotopic (exact) mass is 249 g/mol. The largest absolute Gasteiger partial charge is 0.378 e. The molecule has 0 amide bonds. The predicted molar refractivity (Wildman–Crippen MR) is 72.8 cm³/mol. The van der Waals surface area contributed by atoms with Gasteiger partial charge in [-0.25, -0.2) is 4.98 Å². The van der Waals surface area contributed by atoms with Crippen molar-refractivity contribution in [2.75, 3.05) is 18.5 Å². The molecule has 0 aliphatic carbocycles. The lowest BCUT2D eigenvalue weighted by molar-refractivity contribution is 0.102. The highest BCUT2D eigenvalue weighted by molar-refractivity contribution is 5.39. The minimum Gasteiger partial charge on any atom is -0.378 e. The van der Waals surface area contributed by atoms with Crippen LogP contribution in [-0.4, -0.2) is 29.2 Å². The van der Waals surface area contributed by atoms with Crippen molar-refractivity contribution in [2.45, 2.75) is 52.1 Å². The van der Waals surface area contributed by atoms with Crippen molar-refractivity contribution in [3.05, 3.63) is 17.6 Å². The highest BCUT2D eigenvalue weighted by atomic mass is 16.5. The van der Waals surface area contributed by atoms with E-state index in [0.717, 1.165) is 36.8 Å². The fraction of sp³-hybridized carbons (Fsp3) is 0.714. The lowest BCUT2D eigenvalue weighted by Crippen LogP contribution is -2.09. The number of hydrogen-bond acceptors (Lipinski definition) is 4. The van der Waals surface area contributed by atoms with Gasteiger partial charge in [-0.3, -0.25) is 4.98 Å². The molecule has 1 aromatic rings. The number of nitrogens with one attached hydrogen (secondary N) is 1. The summed E-state index contributed by atoms with van der Waals surface area (Å²) in [5.41, 5.74) is 1.93. The van der Waals surface area contributed by atoms with E-state index in [9.17, 15) is 0 Å². The van der Waals surface area contributed by atoms with E-state index in [0.29, 0.717) is 6.10 Å². The van der Waals surface area contributed by atoms with E-state index in [1.807, 2.05) is 13.8 Å². The van der Waals surface area contributed by atoms with E-state index >= 15 is 0 Å². The standard InChI is InChI=1S/C14H23N3O/c1-11-10-16-12(2)14(17-11)15-8-4-3-6-13-7-5-9-18-13/h10,13H,3-9H2,1-2H3,(H,15,17). The van der Waals surface area contributed by atoms with Gasteiger partial charge in [-0.2, -0.15) is 0 Å². The molecule has 1 aromatic heterocycles. The molecule has 1 atom stereocenters. The van der Waals surface area contributed by atoms with Crippen LogP contribution in [0.2, 0.25) is 0 Å². The van der Waals surface area contributed by atoms with Crippen molar-refractivity contribution in [1.29, 1.82) is 0 Å². The molecule has 1 saturated heterocycles. The minimum atomic E-state index is 0.519. The average molecular weight is 249 g/mol. The predicted octanol–water partition coefficient (Wildman–Crippen LogP) is 2.85. The smallest absolute Gasteiger partial charge is 0.147 e. The van der Waals surface area contributed by atoms with Crippen LogP contribution in [0.25, 0.3) is 0 Å². The Balaban J connectivity index is 1.64. The number of hydrogen-bond donors (Lipinski definition) is 1. The molecule has 0 saturated carbocycles. The van der Waals surface area contributed by atoms with Crippen LogP contribution in [-0.2, 0) is 4.74 Å². The number of unbranched alkanes of at least 4 members (excludes halogenated alkanes) is 1. The third-order valence-electron chi connectivity index (χ3n) is 3.35. The Morgan fingerprint density at radius 2 is 2.28 bits per heavy atom. The molecule has 1 aliphatic heterocycles. The van der Waals surface area contributed by atoms with Crippen LogP contribution in [0, 0.1) is 13.8 Å². The zero-order valence-corrected chi connectivity index (χ0v) is 11.4. The van der Waals surface area contributed by atoms with Gasteiger partial charge in [0.1, 0.15) is 5.82 Å². The van der Waals surface area contributed by atoms with Gasteiger partial charge in [-0.1, -0.05) is 0 Å². The summed E-state index contributed by atoms with van der Waals surface area (Å²) in [5.74, 6) is 0.923. The molecule has 0 spiro atoms. The molecule has 0 radical (unpaired) electrons. The summed E-state index contributed by atoms with van der Waals surface area (Å²) in [7, 11) is 0. The molecule has 1 aliphatic rings. The van der Waals surface area contributed by atoms with E-state index in [1.54, 1.807) is 6.20 Å². The SMILES string of the molecule is Cc1cnc(C)c(NCCCCC2CCCO2)n1. The Hall–Kier alpha value is -1.16. The summed E-state index contributed by atoms with van der Waals surface area (Å²) < 4.78 is 5.61. The van der Waals surface area contributed by atoms with Crippen molar-refractivity contribution < 1.29 is 4.74 Å². The maximum atomic E-state index is 5.61. The Morgan fingerprint density at radius 1 is 1.39 bits per heavy atom. The first kappa shape index (κ1) is 13.3. The molecule has 4 nitrogen and oxygen atoms in total. The molecular weight excluding hydrogens is 226 g/mol. The zero-order chi connectivity index (χ0) is 12.8. The van der Waals surface area contributed by atoms with Gasteiger partial charge in [0.2, 0.25) is 0 Å². The van der Waals surface area contributed by atoms with E-state index < -0.39 is 0 Å². The highest BCUT2D eigenvalue weighted by Gasteiger charge is 2.14. The maximum absolute atomic E-state index is 5.61. The van der Waals surface area contributed by atoms with Crippen molar-refractivity contribution >= 4 is 5.82 Å². The highest BCUT2D eigenvalue weighted by Crippen LogP contribution is 2.17. The Morgan fingerprint density at radius 3 is 3.06 bits per heavy atom. The summed E-state index contributed by atoms with van der Waals surface area (Å²) in [5, 5.41) is 3.36. The summed E-state index contributed by atoms with van der Waals surface area (Å²) >= 11 is 0. The Bertz CT molecular complexity index is 375. The maximum Gasteiger partial charge on any atom is 0.147 e. The lowest BCUT2D eigenvalue weighted by atomic mass is 10.1. The quantitative estimate of drug-likeness (QED) is 0.787. The van der Waals surface area contributed by atoms with Crippen LogP contribution >= 0.6 is 0 Å². The van der Waals surface area contributed by atoms with Crippen LogP contribution in [0.1, 0.15) is 43.5 Å². The number of rotatable bonds is 6. The lowest BCUT2D eigenvalue weighted by Gasteiger charge is -2.10. The third kappa shape index (κ3) is 3.95. The summed E-state index contributed by atoms with van der Waals surface area (Å²) in [6.07, 6.45) is 8.38. The molecule has 1 N–H and O–H groups in total. The molecule has 1 unspecified atom stereocenters. The number of aryl methyl sites for hydroxylation is 2. The Kier molecular flexibility index (Phi) is 4.93. The number of nitrogens with zero attached hydrogens (tertiary/aromatic N) is 2. The van der Waals surface area contributed by atoms with Gasteiger partial charge in [0.15, 0.2) is 0 Å². The van der Waals surface area contributed by atoms with Crippen LogP contribution in [0.15, 0.2) is 6.20 Å². The van der Waals surface area contributed by atoms with Crippen LogP contribution in [0.4, 0.5) is 5.82 Å². The molecule has 18 heavy (non-hydrogen) atoms. The first-order valence-corrected chi connectivity index (χ1v) is 6.91. The van der Waals surface area contributed by atoms with Gasteiger partial charge >= 0.3 is 0 Å². The summed E-state index contributed by atoms with van der Waals surface area (Å²) in [4.78, 5) is 8.75. The van der Waals surface area contributed by atoms with Crippen LogP contribution in [0.3, 0.4) is 0 Å². The van der Waals surface area contributed by atoms with Crippen molar-refractivity contribution in [3.63, 3.8) is 0 Å². The fourth-order valence-corrected chi connectivity index (χ4v) is 2.28. The fourth-order valence-electron chi connectivity index (χ4n) is 2.28. The molecule has 0 aromatic carbocycles. The van der Waals surface area contributed by atoms with Crippen molar-refractivity contribution in [2.24, 2.45) is 0 Å². The van der Waals surface area contributed by atoms with Crippen LogP contribution < -0.4 is 5.32 Å². The van der Waals surface area contributed by atoms with Gasteiger partial charge in [0.05, 0.1) is 17.5 Å². The second-order valence-corrected chi connectivity index (χ2v) is 5.00. The Labute approximate surface area is 109 Å². The van der Waals surface area contributed by atoms with Crippen molar-refractivity contribution in [3.8, 4) is 0 Å². The first-order valence-electron chi connectivity index (χ1n) is 6.91. The van der Waals surface area contributed by atoms with Gasteiger partial charge in [0, 0.05) is 19.3 Å². The summed E-state index contributed by atoms with van der Waals surface area (Å²) in [6, 6.07) is 0. The molecular formula is C14H23N3O. The molecule has 4 heteroatoms.